The van der Waals surface area contributed by atoms with E-state index in [9.17, 15) is 14.0 Å². The van der Waals surface area contributed by atoms with Gasteiger partial charge in [-0.15, -0.1) is 0 Å². The van der Waals surface area contributed by atoms with Crippen LogP contribution in [-0.4, -0.2) is 92.2 Å². The van der Waals surface area contributed by atoms with Gasteiger partial charge in [0.2, 0.25) is 5.91 Å². The minimum atomic E-state index is -0.284. The lowest BCUT2D eigenvalue weighted by Gasteiger charge is -2.38. The molecule has 0 unspecified atom stereocenters. The number of hydrogen-bond donors (Lipinski definition) is 0. The summed E-state index contributed by atoms with van der Waals surface area (Å²) in [5.74, 6) is -0.135. The van der Waals surface area contributed by atoms with E-state index in [1.807, 2.05) is 15.9 Å². The predicted molar refractivity (Wildman–Crippen MR) is 100 cm³/mol. The number of rotatable bonds is 4. The summed E-state index contributed by atoms with van der Waals surface area (Å²) in [6.45, 7) is 7.45. The summed E-state index contributed by atoms with van der Waals surface area (Å²) in [6, 6.07) is 6.74. The van der Waals surface area contributed by atoms with E-state index in [-0.39, 0.29) is 17.8 Å². The maximum absolute atomic E-state index is 13.9. The summed E-state index contributed by atoms with van der Waals surface area (Å²) in [5, 5.41) is 0. The number of benzene rings is 1. The van der Waals surface area contributed by atoms with Crippen LogP contribution in [-0.2, 0) is 9.53 Å². The Labute approximate surface area is 159 Å². The van der Waals surface area contributed by atoms with Crippen molar-refractivity contribution >= 4 is 17.7 Å². The number of ether oxygens (including phenoxy) is 1. The van der Waals surface area contributed by atoms with E-state index in [0.717, 1.165) is 0 Å². The number of carbonyl (C=O) groups excluding carboxylic acids is 2. The van der Waals surface area contributed by atoms with Crippen LogP contribution in [0.15, 0.2) is 24.3 Å². The Morgan fingerprint density at radius 3 is 2.22 bits per heavy atom. The van der Waals surface area contributed by atoms with Crippen LogP contribution in [0.2, 0.25) is 0 Å². The number of hydrogen-bond acceptors (Lipinski definition) is 5. The molecule has 0 aliphatic carbocycles. The normalized spacial score (nSPS) is 18.5. The second-order valence-corrected chi connectivity index (χ2v) is 6.78. The van der Waals surface area contributed by atoms with Crippen LogP contribution in [0.25, 0.3) is 0 Å². The van der Waals surface area contributed by atoms with E-state index >= 15 is 0 Å². The zero-order chi connectivity index (χ0) is 19.2. The van der Waals surface area contributed by atoms with E-state index in [0.29, 0.717) is 71.2 Å². The van der Waals surface area contributed by atoms with Gasteiger partial charge in [0, 0.05) is 52.4 Å². The number of nitrogens with zero attached hydrogens (tertiary/aromatic N) is 4. The van der Waals surface area contributed by atoms with Crippen LogP contribution in [0.1, 0.15) is 6.92 Å². The Morgan fingerprint density at radius 1 is 0.963 bits per heavy atom. The molecule has 7 nitrogen and oxygen atoms in total. The van der Waals surface area contributed by atoms with Crippen LogP contribution in [0.5, 0.6) is 0 Å². The quantitative estimate of drug-likeness (QED) is 0.789. The van der Waals surface area contributed by atoms with Crippen LogP contribution in [0.3, 0.4) is 0 Å². The zero-order valence-electron chi connectivity index (χ0n) is 15.8. The zero-order valence-corrected chi connectivity index (χ0v) is 15.8. The van der Waals surface area contributed by atoms with E-state index in [1.54, 1.807) is 24.0 Å². The van der Waals surface area contributed by atoms with E-state index in [1.165, 1.54) is 6.07 Å². The summed E-state index contributed by atoms with van der Waals surface area (Å²) in [7, 11) is 0. The highest BCUT2D eigenvalue weighted by molar-refractivity contribution is 5.78. The van der Waals surface area contributed by atoms with Gasteiger partial charge in [0.25, 0.3) is 0 Å². The van der Waals surface area contributed by atoms with Crippen molar-refractivity contribution in [2.75, 3.05) is 70.4 Å². The molecule has 0 saturated carbocycles. The Hall–Kier alpha value is -2.35. The van der Waals surface area contributed by atoms with Crippen molar-refractivity contribution in [2.24, 2.45) is 0 Å². The smallest absolute Gasteiger partial charge is 0.409 e. The average Bonchev–Trinajstić information content (AvgIpc) is 2.69. The maximum atomic E-state index is 13.9. The maximum Gasteiger partial charge on any atom is 0.409 e. The molecule has 0 atom stereocenters. The van der Waals surface area contributed by atoms with Crippen LogP contribution in [0.4, 0.5) is 14.9 Å². The molecule has 2 aliphatic heterocycles. The highest BCUT2D eigenvalue weighted by Gasteiger charge is 2.27. The number of halogens is 1. The fourth-order valence-electron chi connectivity index (χ4n) is 3.50. The Kier molecular flexibility index (Phi) is 6.49. The van der Waals surface area contributed by atoms with Crippen molar-refractivity contribution in [3.05, 3.63) is 30.1 Å². The van der Waals surface area contributed by atoms with Gasteiger partial charge in [0.15, 0.2) is 0 Å². The van der Waals surface area contributed by atoms with Crippen LogP contribution < -0.4 is 4.90 Å². The molecule has 1 aromatic rings. The number of para-hydroxylation sites is 1. The third-order valence-electron chi connectivity index (χ3n) is 5.08. The van der Waals surface area contributed by atoms with Crippen molar-refractivity contribution in [3.8, 4) is 0 Å². The van der Waals surface area contributed by atoms with Crippen molar-refractivity contribution < 1.29 is 18.7 Å². The van der Waals surface area contributed by atoms with Crippen molar-refractivity contribution in [3.63, 3.8) is 0 Å². The number of piperazine rings is 2. The monoisotopic (exact) mass is 378 g/mol. The number of anilines is 1. The second kappa shape index (κ2) is 9.03. The highest BCUT2D eigenvalue weighted by atomic mass is 19.1. The van der Waals surface area contributed by atoms with Gasteiger partial charge in [-0.2, -0.15) is 0 Å². The fraction of sp³-hybridized carbons (Fsp3) is 0.579. The van der Waals surface area contributed by atoms with E-state index < -0.39 is 0 Å². The van der Waals surface area contributed by atoms with Gasteiger partial charge < -0.3 is 19.4 Å². The molecule has 8 heteroatoms. The molecule has 2 aliphatic rings. The fourth-order valence-corrected chi connectivity index (χ4v) is 3.50. The molecule has 2 heterocycles. The standard InChI is InChI=1S/C19H27FN4O3/c1-2-27-19(26)24-9-7-21(8-10-24)15-18(25)23-13-11-22(12-14-23)17-6-4-3-5-16(17)20/h3-6H,2,7-15H2,1H3. The first-order valence-electron chi connectivity index (χ1n) is 9.49. The summed E-state index contributed by atoms with van der Waals surface area (Å²) < 4.78 is 18.9. The molecule has 2 fully saturated rings. The van der Waals surface area contributed by atoms with Gasteiger partial charge in [0.05, 0.1) is 18.8 Å². The minimum absolute atomic E-state index is 0.0905. The summed E-state index contributed by atoms with van der Waals surface area (Å²) in [4.78, 5) is 31.9. The molecule has 3 rings (SSSR count). The summed E-state index contributed by atoms with van der Waals surface area (Å²) in [6.07, 6.45) is -0.284. The van der Waals surface area contributed by atoms with Crippen molar-refractivity contribution in [1.82, 2.24) is 14.7 Å². The van der Waals surface area contributed by atoms with E-state index in [2.05, 4.69) is 4.90 Å². The Bertz CT molecular complexity index is 656. The molecule has 0 bridgehead atoms. The molecule has 148 valence electrons. The predicted octanol–water partition coefficient (Wildman–Crippen LogP) is 1.25. The number of amides is 2. The average molecular weight is 378 g/mol. The number of carbonyl (C=O) groups is 2. The van der Waals surface area contributed by atoms with Gasteiger partial charge in [-0.25, -0.2) is 9.18 Å². The molecule has 0 radical (unpaired) electrons. The molecule has 27 heavy (non-hydrogen) atoms. The SMILES string of the molecule is CCOC(=O)N1CCN(CC(=O)N2CCN(c3ccccc3F)CC2)CC1. The third kappa shape index (κ3) is 4.88. The largest absolute Gasteiger partial charge is 0.450 e. The molecule has 0 N–H and O–H groups in total. The lowest BCUT2D eigenvalue weighted by molar-refractivity contribution is -0.133. The summed E-state index contributed by atoms with van der Waals surface area (Å²) >= 11 is 0. The van der Waals surface area contributed by atoms with Gasteiger partial charge >= 0.3 is 6.09 Å². The summed E-state index contributed by atoms with van der Waals surface area (Å²) in [5.41, 5.74) is 0.597. The molecule has 2 amide bonds. The van der Waals surface area contributed by atoms with Crippen molar-refractivity contribution in [1.29, 1.82) is 0 Å². The second-order valence-electron chi connectivity index (χ2n) is 6.78. The van der Waals surface area contributed by atoms with Gasteiger partial charge in [-0.05, 0) is 19.1 Å². The third-order valence-corrected chi connectivity index (χ3v) is 5.08. The molecule has 2 saturated heterocycles. The van der Waals surface area contributed by atoms with Gasteiger partial charge in [0.1, 0.15) is 5.82 Å². The minimum Gasteiger partial charge on any atom is -0.450 e. The van der Waals surface area contributed by atoms with Gasteiger partial charge in [-0.3, -0.25) is 9.69 Å². The highest BCUT2D eigenvalue weighted by Crippen LogP contribution is 2.20. The van der Waals surface area contributed by atoms with E-state index in [4.69, 9.17) is 4.74 Å². The van der Waals surface area contributed by atoms with Gasteiger partial charge in [-0.1, -0.05) is 12.1 Å². The topological polar surface area (TPSA) is 56.3 Å². The molecular formula is C19H27FN4O3. The van der Waals surface area contributed by atoms with Crippen molar-refractivity contribution in [2.45, 2.75) is 6.92 Å². The first-order chi connectivity index (χ1) is 13.1. The Morgan fingerprint density at radius 2 is 1.59 bits per heavy atom. The van der Waals surface area contributed by atoms with Crippen LogP contribution >= 0.6 is 0 Å². The molecule has 0 spiro atoms. The van der Waals surface area contributed by atoms with Crippen LogP contribution in [0, 0.1) is 5.82 Å². The lowest BCUT2D eigenvalue weighted by Crippen LogP contribution is -2.54. The molecule has 0 aromatic heterocycles. The molecule has 1 aromatic carbocycles. The molecular weight excluding hydrogens is 351 g/mol. The first kappa shape index (κ1) is 19.4. The lowest BCUT2D eigenvalue weighted by atomic mass is 10.2. The first-order valence-corrected chi connectivity index (χ1v) is 9.49. The Balaban J connectivity index is 1.43.